The van der Waals surface area contributed by atoms with Gasteiger partial charge in [0.05, 0.1) is 14.2 Å². The number of methoxy groups -OCH3 is 2. The van der Waals surface area contributed by atoms with Gasteiger partial charge in [-0.2, -0.15) is 0 Å². The molecule has 1 aliphatic rings. The molecule has 1 aliphatic heterocycles. The number of unbranched alkanes of at least 4 members (excludes halogenated alkanes) is 1. The van der Waals surface area contributed by atoms with Gasteiger partial charge in [0, 0.05) is 18.3 Å². The van der Waals surface area contributed by atoms with E-state index < -0.39 is 0 Å². The van der Waals surface area contributed by atoms with Crippen LogP contribution in [0.15, 0.2) is 53.5 Å². The number of ether oxygens (including phenoxy) is 2. The summed E-state index contributed by atoms with van der Waals surface area (Å²) in [5, 5.41) is 3.11. The van der Waals surface area contributed by atoms with E-state index in [1.807, 2.05) is 18.2 Å². The van der Waals surface area contributed by atoms with Crippen molar-refractivity contribution in [1.82, 2.24) is 4.90 Å². The van der Waals surface area contributed by atoms with E-state index in [-0.39, 0.29) is 0 Å². The predicted molar refractivity (Wildman–Crippen MR) is 128 cm³/mol. The Labute approximate surface area is 186 Å². The number of aliphatic imine (C=N–C) groups is 1. The molecule has 0 unspecified atom stereocenters. The molecule has 0 radical (unpaired) electrons. The molecular formula is C25H36N4O2. The molecule has 6 nitrogen and oxygen atoms in total. The summed E-state index contributed by atoms with van der Waals surface area (Å²) in [5.74, 6) is 2.60. The zero-order chi connectivity index (χ0) is 21.9. The lowest BCUT2D eigenvalue weighted by molar-refractivity contribution is 0.181. The van der Waals surface area contributed by atoms with Crippen LogP contribution in [0.25, 0.3) is 0 Å². The van der Waals surface area contributed by atoms with Gasteiger partial charge in [0.15, 0.2) is 17.5 Å². The maximum atomic E-state index is 6.03. The minimum atomic E-state index is 0.425. The summed E-state index contributed by atoms with van der Waals surface area (Å²) in [6, 6.07) is 16.5. The first-order valence-electron chi connectivity index (χ1n) is 11.2. The van der Waals surface area contributed by atoms with Crippen LogP contribution in [0.4, 0.5) is 5.69 Å². The smallest absolute Gasteiger partial charge is 0.193 e. The molecule has 1 heterocycles. The number of guanidine groups is 1. The first-order chi connectivity index (χ1) is 15.2. The van der Waals surface area contributed by atoms with Crippen LogP contribution in [0.3, 0.4) is 0 Å². The molecule has 2 aromatic carbocycles. The van der Waals surface area contributed by atoms with Gasteiger partial charge >= 0.3 is 0 Å². The highest BCUT2D eigenvalue weighted by molar-refractivity contribution is 5.92. The quantitative estimate of drug-likeness (QED) is 0.340. The second-order valence-corrected chi connectivity index (χ2v) is 8.14. The Morgan fingerprint density at radius 3 is 2.48 bits per heavy atom. The highest BCUT2D eigenvalue weighted by Gasteiger charge is 2.18. The fourth-order valence-corrected chi connectivity index (χ4v) is 4.11. The number of likely N-dealkylation sites (tertiary alicyclic amines) is 1. The van der Waals surface area contributed by atoms with Crippen molar-refractivity contribution in [2.45, 2.75) is 32.1 Å². The number of nitrogens with zero attached hydrogens (tertiary/aromatic N) is 2. The Morgan fingerprint density at radius 1 is 1.03 bits per heavy atom. The summed E-state index contributed by atoms with van der Waals surface area (Å²) in [6.07, 6.45) is 6.01. The Morgan fingerprint density at radius 2 is 1.77 bits per heavy atom. The third-order valence-electron chi connectivity index (χ3n) is 5.89. The molecule has 168 valence electrons. The summed E-state index contributed by atoms with van der Waals surface area (Å²) in [6.45, 7) is 4.31. The van der Waals surface area contributed by atoms with Crippen molar-refractivity contribution < 1.29 is 9.47 Å². The second-order valence-electron chi connectivity index (χ2n) is 8.14. The molecule has 0 bridgehead atoms. The molecule has 6 heteroatoms. The molecular weight excluding hydrogens is 388 g/mol. The molecule has 3 rings (SSSR count). The van der Waals surface area contributed by atoms with Crippen molar-refractivity contribution in [3.63, 3.8) is 0 Å². The van der Waals surface area contributed by atoms with E-state index in [0.29, 0.717) is 17.5 Å². The molecule has 1 fully saturated rings. The van der Waals surface area contributed by atoms with Crippen molar-refractivity contribution >= 4 is 11.6 Å². The zero-order valence-electron chi connectivity index (χ0n) is 18.8. The van der Waals surface area contributed by atoms with Crippen LogP contribution < -0.4 is 20.5 Å². The molecule has 1 saturated heterocycles. The minimum Gasteiger partial charge on any atom is -0.493 e. The summed E-state index contributed by atoms with van der Waals surface area (Å²) in [4.78, 5) is 7.05. The summed E-state index contributed by atoms with van der Waals surface area (Å²) in [7, 11) is 3.23. The lowest BCUT2D eigenvalue weighted by atomic mass is 9.90. The summed E-state index contributed by atoms with van der Waals surface area (Å²) < 4.78 is 10.6. The van der Waals surface area contributed by atoms with Crippen LogP contribution in [0, 0.1) is 5.92 Å². The number of benzene rings is 2. The molecule has 0 atom stereocenters. The highest BCUT2D eigenvalue weighted by atomic mass is 16.5. The van der Waals surface area contributed by atoms with Crippen LogP contribution in [-0.4, -0.2) is 51.3 Å². The maximum Gasteiger partial charge on any atom is 0.193 e. The summed E-state index contributed by atoms with van der Waals surface area (Å²) >= 11 is 0. The molecule has 0 aromatic heterocycles. The van der Waals surface area contributed by atoms with Crippen molar-refractivity contribution in [2.24, 2.45) is 16.6 Å². The Hall–Kier alpha value is -2.73. The van der Waals surface area contributed by atoms with Crippen molar-refractivity contribution in [3.05, 3.63) is 54.1 Å². The van der Waals surface area contributed by atoms with E-state index in [2.05, 4.69) is 45.5 Å². The molecule has 2 aromatic rings. The molecule has 0 amide bonds. The van der Waals surface area contributed by atoms with Crippen LogP contribution in [-0.2, 0) is 6.42 Å². The normalized spacial score (nSPS) is 15.6. The average molecular weight is 425 g/mol. The van der Waals surface area contributed by atoms with E-state index in [9.17, 15) is 0 Å². The van der Waals surface area contributed by atoms with Crippen molar-refractivity contribution in [3.8, 4) is 11.5 Å². The van der Waals surface area contributed by atoms with Gasteiger partial charge in [0.1, 0.15) is 0 Å². The van der Waals surface area contributed by atoms with Gasteiger partial charge in [-0.1, -0.05) is 30.3 Å². The second kappa shape index (κ2) is 12.2. The lowest BCUT2D eigenvalue weighted by Crippen LogP contribution is -2.35. The SMILES string of the molecule is COc1ccc(NC(N)=NCCCCN2CCC(Cc3ccccc3)CC2)cc1OC. The van der Waals surface area contributed by atoms with Gasteiger partial charge in [-0.25, -0.2) is 0 Å². The maximum absolute atomic E-state index is 6.03. The number of hydrogen-bond acceptors (Lipinski definition) is 4. The topological polar surface area (TPSA) is 72.1 Å². The van der Waals surface area contributed by atoms with E-state index in [0.717, 1.165) is 37.5 Å². The largest absolute Gasteiger partial charge is 0.493 e. The van der Waals surface area contributed by atoms with Crippen LogP contribution in [0.2, 0.25) is 0 Å². The van der Waals surface area contributed by atoms with E-state index >= 15 is 0 Å². The number of rotatable bonds is 10. The van der Waals surface area contributed by atoms with Gasteiger partial charge in [0.25, 0.3) is 0 Å². The lowest BCUT2D eigenvalue weighted by Gasteiger charge is -2.32. The highest BCUT2D eigenvalue weighted by Crippen LogP contribution is 2.29. The van der Waals surface area contributed by atoms with Crippen LogP contribution in [0.1, 0.15) is 31.2 Å². The Kier molecular flexibility index (Phi) is 9.03. The first kappa shape index (κ1) is 22.9. The monoisotopic (exact) mass is 424 g/mol. The molecule has 3 N–H and O–H groups in total. The standard InChI is InChI=1S/C25H36N4O2/c1-30-23-11-10-22(19-24(23)31-2)28-25(26)27-14-6-7-15-29-16-12-21(13-17-29)18-20-8-4-3-5-9-20/h3-5,8-11,19,21H,6-7,12-18H2,1-2H3,(H3,26,27,28). The average Bonchev–Trinajstić information content (AvgIpc) is 2.80. The third-order valence-corrected chi connectivity index (χ3v) is 5.89. The van der Waals surface area contributed by atoms with Gasteiger partial charge in [-0.05, 0) is 75.4 Å². The minimum absolute atomic E-state index is 0.425. The van der Waals surface area contributed by atoms with Crippen LogP contribution in [0.5, 0.6) is 11.5 Å². The van der Waals surface area contributed by atoms with Gasteiger partial charge in [-0.3, -0.25) is 4.99 Å². The predicted octanol–water partition coefficient (Wildman–Crippen LogP) is 4.17. The number of nitrogens with two attached hydrogens (primary N) is 1. The fourth-order valence-electron chi connectivity index (χ4n) is 4.11. The number of piperidine rings is 1. The Bertz CT molecular complexity index is 818. The number of anilines is 1. The van der Waals surface area contributed by atoms with Gasteiger partial charge < -0.3 is 25.4 Å². The van der Waals surface area contributed by atoms with Crippen molar-refractivity contribution in [1.29, 1.82) is 0 Å². The zero-order valence-corrected chi connectivity index (χ0v) is 18.8. The van der Waals surface area contributed by atoms with Gasteiger partial charge in [0.2, 0.25) is 0 Å². The van der Waals surface area contributed by atoms with Crippen molar-refractivity contribution in [2.75, 3.05) is 45.7 Å². The fraction of sp³-hybridized carbons (Fsp3) is 0.480. The number of nitrogens with one attached hydrogen (secondary N) is 1. The molecule has 0 saturated carbocycles. The van der Waals surface area contributed by atoms with Gasteiger partial charge in [-0.15, -0.1) is 0 Å². The molecule has 31 heavy (non-hydrogen) atoms. The number of hydrogen-bond donors (Lipinski definition) is 2. The molecule has 0 spiro atoms. The summed E-state index contributed by atoms with van der Waals surface area (Å²) in [5.41, 5.74) is 8.33. The van der Waals surface area contributed by atoms with E-state index in [1.165, 1.54) is 37.9 Å². The van der Waals surface area contributed by atoms with Crippen LogP contribution >= 0.6 is 0 Å². The Balaban J connectivity index is 1.31. The van der Waals surface area contributed by atoms with E-state index in [4.69, 9.17) is 15.2 Å². The first-order valence-corrected chi connectivity index (χ1v) is 11.2. The molecule has 0 aliphatic carbocycles. The third kappa shape index (κ3) is 7.47. The van der Waals surface area contributed by atoms with E-state index in [1.54, 1.807) is 14.2 Å².